The number of anilines is 1. The van der Waals surface area contributed by atoms with E-state index in [2.05, 4.69) is 282 Å². The molecule has 0 atom stereocenters. The van der Waals surface area contributed by atoms with Gasteiger partial charge >= 0.3 is 0 Å². The van der Waals surface area contributed by atoms with Crippen LogP contribution in [0.5, 0.6) is 0 Å². The Labute approximate surface area is 692 Å². The van der Waals surface area contributed by atoms with E-state index in [0.717, 1.165) is 134 Å². The number of nitrogen functional groups attached to an aromatic ring is 2. The molecule has 0 aliphatic heterocycles. The van der Waals surface area contributed by atoms with E-state index in [9.17, 15) is 8.78 Å². The van der Waals surface area contributed by atoms with Crippen LogP contribution in [0, 0.1) is 32.4 Å². The van der Waals surface area contributed by atoms with Crippen LogP contribution in [0.15, 0.2) is 231 Å². The summed E-state index contributed by atoms with van der Waals surface area (Å²) in [5, 5.41) is 12.1. The van der Waals surface area contributed by atoms with Gasteiger partial charge in [-0.1, -0.05) is 148 Å². The van der Waals surface area contributed by atoms with E-state index >= 15 is 0 Å². The molecule has 119 heavy (non-hydrogen) atoms. The Hall–Kier alpha value is -13.7. The highest BCUT2D eigenvalue weighted by Gasteiger charge is 2.30. The van der Waals surface area contributed by atoms with Gasteiger partial charge in [0.1, 0.15) is 16.6 Å². The molecule has 13 heterocycles. The van der Waals surface area contributed by atoms with Gasteiger partial charge in [-0.25, -0.2) is 13.8 Å². The van der Waals surface area contributed by atoms with Gasteiger partial charge in [0.15, 0.2) is 0 Å². The Morgan fingerprint density at radius 3 is 1.29 bits per heavy atom. The number of para-hydroxylation sites is 1. The number of nitrogens with one attached hydrogen (secondary N) is 11. The molecule has 0 saturated carbocycles. The highest BCUT2D eigenvalue weighted by atomic mass is 32.1. The van der Waals surface area contributed by atoms with Gasteiger partial charge < -0.3 is 66.4 Å². The Bertz CT molecular complexity index is 7120. The third kappa shape index (κ3) is 13.5. The van der Waals surface area contributed by atoms with Crippen LogP contribution in [0.3, 0.4) is 0 Å². The smallest absolute Gasteiger partial charge is 0.139 e. The number of H-pyrrole nitrogens is 11. The summed E-state index contributed by atoms with van der Waals surface area (Å²) in [5.41, 5.74) is 44.5. The molecule has 21 rings (SSSR count). The Balaban J connectivity index is 0.000000109. The molecule has 0 aliphatic rings. The SMILES string of the molecule is CCCc1[nH]c(-c2cc(F)cc3[nH]ccc23)c(C(C)C)c1-c1cccc2[nH]ccc12.Cc1[nH]c(-c2cc(F)cc3[nH]ccc23)c(C(C)C)c1-c1cccc2[nH]c(-c3nccs3)cc12.Cc1[nH]c(-c2cccc3c(N)c[nH]c23)c(C(C)C)c1-c1cccc2[nH]ccc12.Cc1[nH]c(-c2cccc3c2ccn3N)c(C(C)C)c1-c1cccc2[nH]ccc12. The standard InChI is InChI=1S/C27H23FN4S.C26H26FN3.2C24H24N4/c1-14(2)24-25(15(3)31-26(24)20-11-16(28)12-22-17(20)7-8-29-22)18-5-4-6-21-19(18)13-23(32-21)27-30-9-10-33-27;1-4-6-22-25(19-7-5-8-21-17(19)9-11-28-21)24(15(2)3)26(30-22)20-13-16(27)14-23-18(20)10-12-29-23;1-13(2)21-22(16-6-5-9-20-15(16)10-11-26-20)14(3)28-24(21)18-8-4-7-17-19(25)12-27-23(17)18;1-14(2)22-23(18-6-4-8-20-16(18)10-12-26-20)15(3)27-24(22)19-7-5-9-21-17(19)11-13-28(21)25/h4-14,29,31-32H,1-3H3;5,7-15,28-30H,4,6H2,1-3H3;4-13,26-28H,25H2,1-3H3;4-14,26-27H,25H2,1-3H3. The molecule has 21 aromatic rings. The van der Waals surface area contributed by atoms with Crippen LogP contribution in [0.4, 0.5) is 14.5 Å². The molecule has 0 unspecified atom stereocenters. The average molecular weight is 1590 g/mol. The van der Waals surface area contributed by atoms with Gasteiger partial charge in [0.25, 0.3) is 0 Å². The van der Waals surface area contributed by atoms with Crippen LogP contribution in [-0.4, -0.2) is 64.5 Å². The van der Waals surface area contributed by atoms with Crippen LogP contribution in [0.2, 0.25) is 0 Å². The van der Waals surface area contributed by atoms with Gasteiger partial charge in [-0.2, -0.15) is 0 Å². The number of aromatic amines is 11. The fraction of sp³-hybridized carbons (Fsp3) is 0.178. The molecule has 0 saturated heterocycles. The lowest BCUT2D eigenvalue weighted by Gasteiger charge is -2.14. The van der Waals surface area contributed by atoms with Crippen molar-refractivity contribution in [2.75, 3.05) is 11.6 Å². The lowest BCUT2D eigenvalue weighted by Crippen LogP contribution is -2.04. The van der Waals surface area contributed by atoms with Crippen molar-refractivity contribution in [1.82, 2.24) is 64.5 Å². The van der Waals surface area contributed by atoms with Crippen molar-refractivity contribution in [3.63, 3.8) is 0 Å². The van der Waals surface area contributed by atoms with Gasteiger partial charge in [0.05, 0.1) is 45.2 Å². The van der Waals surface area contributed by atoms with E-state index in [1.54, 1.807) is 40.3 Å². The Morgan fingerprint density at radius 2 is 0.807 bits per heavy atom. The van der Waals surface area contributed by atoms with Gasteiger partial charge in [0, 0.05) is 198 Å². The molecule has 0 bridgehead atoms. The fourth-order valence-electron chi connectivity index (χ4n) is 18.7. The molecule has 0 amide bonds. The minimum atomic E-state index is -0.246. The topological polar surface area (TPSA) is 244 Å². The summed E-state index contributed by atoms with van der Waals surface area (Å²) in [6.45, 7) is 26.5. The van der Waals surface area contributed by atoms with E-state index in [1.165, 1.54) is 117 Å². The first-order chi connectivity index (χ1) is 57.7. The number of fused-ring (bicyclic) bond motifs is 8. The molecule has 8 aromatic carbocycles. The van der Waals surface area contributed by atoms with Crippen LogP contribution in [-0.2, 0) is 6.42 Å². The van der Waals surface area contributed by atoms with Crippen molar-refractivity contribution in [2.45, 2.75) is 120 Å². The minimum Gasteiger partial charge on any atom is -0.397 e. The second-order valence-electron chi connectivity index (χ2n) is 32.6. The maximum Gasteiger partial charge on any atom is 0.139 e. The second-order valence-corrected chi connectivity index (χ2v) is 33.5. The molecular weight excluding hydrogens is 1490 g/mol. The zero-order valence-electron chi connectivity index (χ0n) is 68.9. The largest absolute Gasteiger partial charge is 0.397 e. The predicted molar refractivity (Wildman–Crippen MR) is 495 cm³/mol. The predicted octanol–water partition coefficient (Wildman–Crippen LogP) is 27.8. The van der Waals surface area contributed by atoms with Gasteiger partial charge in [-0.3, -0.25) is 4.68 Å². The van der Waals surface area contributed by atoms with Gasteiger partial charge in [-0.05, 0) is 192 Å². The van der Waals surface area contributed by atoms with E-state index in [1.807, 2.05) is 67.1 Å². The molecular formula is C101H97F2N15S. The summed E-state index contributed by atoms with van der Waals surface area (Å²) in [6, 6.07) is 59.5. The summed E-state index contributed by atoms with van der Waals surface area (Å²) >= 11 is 1.62. The molecule has 13 aromatic heterocycles. The molecule has 0 fully saturated rings. The highest BCUT2D eigenvalue weighted by molar-refractivity contribution is 7.13. The summed E-state index contributed by atoms with van der Waals surface area (Å²) in [5.74, 6) is 6.89. The summed E-state index contributed by atoms with van der Waals surface area (Å²) < 4.78 is 30.7. The van der Waals surface area contributed by atoms with Gasteiger partial charge in [0.2, 0.25) is 0 Å². The van der Waals surface area contributed by atoms with Crippen molar-refractivity contribution in [3.8, 4) is 100 Å². The van der Waals surface area contributed by atoms with Crippen molar-refractivity contribution in [3.05, 3.63) is 288 Å². The van der Waals surface area contributed by atoms with Gasteiger partial charge in [-0.15, -0.1) is 11.3 Å². The highest BCUT2D eigenvalue weighted by Crippen LogP contribution is 2.50. The van der Waals surface area contributed by atoms with Crippen molar-refractivity contribution in [1.29, 1.82) is 0 Å². The molecule has 0 aliphatic carbocycles. The second kappa shape index (κ2) is 31.1. The minimum absolute atomic E-state index is 0.226. The summed E-state index contributed by atoms with van der Waals surface area (Å²) in [4.78, 5) is 42.4. The number of hydrogen-bond acceptors (Lipinski definition) is 4. The number of aromatic nitrogens is 13. The molecule has 596 valence electrons. The van der Waals surface area contributed by atoms with Crippen molar-refractivity contribution in [2.24, 2.45) is 0 Å². The lowest BCUT2D eigenvalue weighted by atomic mass is 9.88. The maximum atomic E-state index is 14.5. The normalized spacial score (nSPS) is 11.9. The summed E-state index contributed by atoms with van der Waals surface area (Å²) in [6.07, 6.45) is 17.4. The first-order valence-electron chi connectivity index (χ1n) is 41.1. The Morgan fingerprint density at radius 1 is 0.395 bits per heavy atom. The van der Waals surface area contributed by atoms with Crippen LogP contribution in [0.1, 0.15) is 137 Å². The zero-order valence-corrected chi connectivity index (χ0v) is 69.7. The van der Waals surface area contributed by atoms with E-state index < -0.39 is 0 Å². The summed E-state index contributed by atoms with van der Waals surface area (Å²) in [7, 11) is 0. The monoisotopic (exact) mass is 1590 g/mol. The number of nitrogens with two attached hydrogens (primary N) is 2. The molecule has 0 spiro atoms. The number of halogens is 2. The first-order valence-corrected chi connectivity index (χ1v) is 42.0. The number of thiazole rings is 1. The van der Waals surface area contributed by atoms with Crippen LogP contribution >= 0.6 is 11.3 Å². The van der Waals surface area contributed by atoms with E-state index in [-0.39, 0.29) is 23.5 Å². The molecule has 0 radical (unpaired) electrons. The first kappa shape index (κ1) is 76.6. The number of rotatable bonds is 15. The van der Waals surface area contributed by atoms with E-state index in [0.29, 0.717) is 11.8 Å². The number of aryl methyl sites for hydroxylation is 4. The van der Waals surface area contributed by atoms with Crippen LogP contribution in [0.25, 0.3) is 187 Å². The average Bonchev–Trinajstić information content (AvgIpc) is 1.63. The third-order valence-electron chi connectivity index (χ3n) is 23.6. The fourth-order valence-corrected chi connectivity index (χ4v) is 19.3. The van der Waals surface area contributed by atoms with Crippen molar-refractivity contribution < 1.29 is 8.78 Å². The van der Waals surface area contributed by atoms with Crippen molar-refractivity contribution >= 4 is 104 Å². The number of nitrogens with zero attached hydrogens (tertiary/aromatic N) is 2. The number of benzene rings is 8. The number of hydrogen-bond donors (Lipinski definition) is 13. The molecule has 15 N–H and O–H groups in total. The quantitative estimate of drug-likeness (QED) is 0.0449. The molecule has 15 nitrogen and oxygen atoms in total. The maximum absolute atomic E-state index is 14.5. The van der Waals surface area contributed by atoms with E-state index in [4.69, 9.17) is 11.6 Å². The lowest BCUT2D eigenvalue weighted by molar-refractivity contribution is 0.629. The zero-order chi connectivity index (χ0) is 82.3. The third-order valence-corrected chi connectivity index (χ3v) is 24.5. The molecule has 18 heteroatoms. The van der Waals surface area contributed by atoms with Crippen LogP contribution < -0.4 is 11.6 Å². The Kier molecular flexibility index (Phi) is 20.0.